The highest BCUT2D eigenvalue weighted by molar-refractivity contribution is 6.20. The number of carbonyl (C=O) groups excluding carboxylic acids is 1. The number of benzene rings is 1. The Kier molecular flexibility index (Phi) is 3.72. The Balaban J connectivity index is 1.66. The molecule has 6 heteroatoms. The molecule has 0 spiro atoms. The summed E-state index contributed by atoms with van der Waals surface area (Å²) in [6.07, 6.45) is 1.65. The van der Waals surface area contributed by atoms with Crippen LogP contribution in [0.2, 0.25) is 0 Å². The van der Waals surface area contributed by atoms with E-state index in [4.69, 9.17) is 9.47 Å². The van der Waals surface area contributed by atoms with Gasteiger partial charge in [-0.3, -0.25) is 14.7 Å². The van der Waals surface area contributed by atoms with Crippen LogP contribution < -0.4 is 14.4 Å². The van der Waals surface area contributed by atoms with Crippen molar-refractivity contribution in [2.75, 3.05) is 18.1 Å². The van der Waals surface area contributed by atoms with E-state index in [0.717, 1.165) is 22.6 Å². The molecule has 0 radical (unpaired) electrons. The van der Waals surface area contributed by atoms with Gasteiger partial charge in [0.1, 0.15) is 23.9 Å². The third-order valence-electron chi connectivity index (χ3n) is 4.75. The van der Waals surface area contributed by atoms with Crippen LogP contribution in [0.15, 0.2) is 35.5 Å². The summed E-state index contributed by atoms with van der Waals surface area (Å²) in [5.41, 5.74) is 2.50. The lowest BCUT2D eigenvalue weighted by molar-refractivity contribution is -0.115. The fourth-order valence-corrected chi connectivity index (χ4v) is 3.43. The zero-order chi connectivity index (χ0) is 18.5. The molecule has 2 aromatic rings. The lowest BCUT2D eigenvalue weighted by atomic mass is 9.86. The fraction of sp³-hybridized carbons (Fsp3) is 0.350. The molecule has 0 unspecified atom stereocenters. The minimum absolute atomic E-state index is 0.0443. The van der Waals surface area contributed by atoms with E-state index in [-0.39, 0.29) is 17.9 Å². The maximum atomic E-state index is 12.0. The van der Waals surface area contributed by atoms with E-state index >= 15 is 0 Å². The molecule has 1 amide bonds. The van der Waals surface area contributed by atoms with E-state index in [2.05, 4.69) is 23.8 Å². The minimum Gasteiger partial charge on any atom is -0.492 e. The summed E-state index contributed by atoms with van der Waals surface area (Å²) in [5.74, 6) is 2.77. The minimum atomic E-state index is -0.116. The number of anilines is 1. The number of aliphatic imine (C=N–C) groups is 1. The first-order valence-corrected chi connectivity index (χ1v) is 8.61. The van der Waals surface area contributed by atoms with Crippen LogP contribution >= 0.6 is 0 Å². The van der Waals surface area contributed by atoms with Gasteiger partial charge in [-0.15, -0.1) is 0 Å². The molecule has 0 N–H and O–H groups in total. The van der Waals surface area contributed by atoms with Crippen LogP contribution in [0.25, 0.3) is 0 Å². The highest BCUT2D eigenvalue weighted by atomic mass is 16.5. The Morgan fingerprint density at radius 3 is 2.77 bits per heavy atom. The standard InChI is InChI=1S/C20H21N3O3/c1-12-8-14(23-13(2)21-10-17(23)24)9-22-19(12)26-16-7-5-6-15-18(16)20(3,4)11-25-15/h5-9H,10-11H2,1-4H3. The van der Waals surface area contributed by atoms with Crippen molar-refractivity contribution < 1.29 is 14.3 Å². The Hall–Kier alpha value is -2.89. The summed E-state index contributed by atoms with van der Waals surface area (Å²) < 4.78 is 11.9. The van der Waals surface area contributed by atoms with Gasteiger partial charge in [-0.25, -0.2) is 4.98 Å². The number of amidine groups is 1. The SMILES string of the molecule is CC1=NCC(=O)N1c1cnc(Oc2cccc3c2C(C)(C)CO3)c(C)c1. The molecule has 134 valence electrons. The van der Waals surface area contributed by atoms with Gasteiger partial charge in [0.25, 0.3) is 5.91 Å². The van der Waals surface area contributed by atoms with Crippen molar-refractivity contribution in [2.45, 2.75) is 33.1 Å². The number of aryl methyl sites for hydroxylation is 1. The fourth-order valence-electron chi connectivity index (χ4n) is 3.43. The molecule has 4 rings (SSSR count). The predicted octanol–water partition coefficient (Wildman–Crippen LogP) is 3.62. The van der Waals surface area contributed by atoms with E-state index in [1.54, 1.807) is 11.1 Å². The lowest BCUT2D eigenvalue weighted by Gasteiger charge is -2.20. The molecule has 2 aliphatic heterocycles. The molecule has 0 aliphatic carbocycles. The summed E-state index contributed by atoms with van der Waals surface area (Å²) in [4.78, 5) is 22.2. The second-order valence-electron chi connectivity index (χ2n) is 7.31. The number of hydrogen-bond donors (Lipinski definition) is 0. The largest absolute Gasteiger partial charge is 0.492 e. The molecular formula is C20H21N3O3. The number of nitrogens with zero attached hydrogens (tertiary/aromatic N) is 3. The van der Waals surface area contributed by atoms with Crippen molar-refractivity contribution in [3.05, 3.63) is 41.6 Å². The van der Waals surface area contributed by atoms with Crippen LogP contribution in [0, 0.1) is 6.92 Å². The van der Waals surface area contributed by atoms with Gasteiger partial charge in [-0.1, -0.05) is 19.9 Å². The summed E-state index contributed by atoms with van der Waals surface area (Å²) in [6.45, 7) is 8.83. The van der Waals surface area contributed by atoms with Crippen molar-refractivity contribution in [1.82, 2.24) is 4.98 Å². The van der Waals surface area contributed by atoms with E-state index < -0.39 is 0 Å². The zero-order valence-electron chi connectivity index (χ0n) is 15.4. The lowest BCUT2D eigenvalue weighted by Crippen LogP contribution is -2.30. The molecule has 6 nitrogen and oxygen atoms in total. The summed E-state index contributed by atoms with van der Waals surface area (Å²) >= 11 is 0. The normalized spacial score (nSPS) is 17.8. The number of ether oxygens (including phenoxy) is 2. The first-order chi connectivity index (χ1) is 12.4. The Bertz CT molecular complexity index is 934. The van der Waals surface area contributed by atoms with Crippen molar-refractivity contribution in [3.63, 3.8) is 0 Å². The van der Waals surface area contributed by atoms with Crippen molar-refractivity contribution >= 4 is 17.4 Å². The first kappa shape index (κ1) is 16.6. The molecule has 1 aromatic carbocycles. The molecule has 0 saturated heterocycles. The molecule has 26 heavy (non-hydrogen) atoms. The smallest absolute Gasteiger partial charge is 0.254 e. The van der Waals surface area contributed by atoms with Gasteiger partial charge < -0.3 is 9.47 Å². The highest BCUT2D eigenvalue weighted by Crippen LogP contribution is 2.45. The van der Waals surface area contributed by atoms with E-state index in [1.165, 1.54) is 0 Å². The number of fused-ring (bicyclic) bond motifs is 1. The molecule has 2 aliphatic rings. The van der Waals surface area contributed by atoms with Gasteiger partial charge in [-0.2, -0.15) is 0 Å². The van der Waals surface area contributed by atoms with Crippen LogP contribution in [0.5, 0.6) is 17.4 Å². The molecule has 0 saturated carbocycles. The summed E-state index contributed by atoms with van der Waals surface area (Å²) in [5, 5.41) is 0. The average molecular weight is 351 g/mol. The number of amides is 1. The summed E-state index contributed by atoms with van der Waals surface area (Å²) in [7, 11) is 0. The monoisotopic (exact) mass is 351 g/mol. The van der Waals surface area contributed by atoms with Gasteiger partial charge in [-0.05, 0) is 32.0 Å². The molecule has 3 heterocycles. The quantitative estimate of drug-likeness (QED) is 0.847. The molecular weight excluding hydrogens is 330 g/mol. The van der Waals surface area contributed by atoms with Crippen LogP contribution in [0.3, 0.4) is 0 Å². The second-order valence-corrected chi connectivity index (χ2v) is 7.31. The zero-order valence-corrected chi connectivity index (χ0v) is 15.4. The van der Waals surface area contributed by atoms with Crippen molar-refractivity contribution in [2.24, 2.45) is 4.99 Å². The number of pyridine rings is 1. The highest BCUT2D eigenvalue weighted by Gasteiger charge is 2.35. The maximum Gasteiger partial charge on any atom is 0.254 e. The number of carbonyl (C=O) groups is 1. The molecule has 0 atom stereocenters. The number of rotatable bonds is 3. The first-order valence-electron chi connectivity index (χ1n) is 8.61. The van der Waals surface area contributed by atoms with Crippen molar-refractivity contribution in [3.8, 4) is 17.4 Å². The van der Waals surface area contributed by atoms with Crippen LogP contribution in [-0.2, 0) is 10.2 Å². The Labute approximate surface area is 152 Å². The van der Waals surface area contributed by atoms with Gasteiger partial charge in [0.05, 0.1) is 18.5 Å². The van der Waals surface area contributed by atoms with Gasteiger partial charge in [0, 0.05) is 16.5 Å². The average Bonchev–Trinajstić information content (AvgIpc) is 3.09. The van der Waals surface area contributed by atoms with Crippen molar-refractivity contribution in [1.29, 1.82) is 0 Å². The topological polar surface area (TPSA) is 64.0 Å². The van der Waals surface area contributed by atoms with Gasteiger partial charge >= 0.3 is 0 Å². The van der Waals surface area contributed by atoms with Gasteiger partial charge in [0.2, 0.25) is 5.88 Å². The molecule has 0 fully saturated rings. The van der Waals surface area contributed by atoms with E-state index in [0.29, 0.717) is 24.0 Å². The van der Waals surface area contributed by atoms with E-state index in [1.807, 2.05) is 38.1 Å². The van der Waals surface area contributed by atoms with E-state index in [9.17, 15) is 4.79 Å². The second kappa shape index (κ2) is 5.83. The Morgan fingerprint density at radius 2 is 2.08 bits per heavy atom. The molecule has 0 bridgehead atoms. The predicted molar refractivity (Wildman–Crippen MR) is 99.5 cm³/mol. The van der Waals surface area contributed by atoms with Crippen LogP contribution in [-0.4, -0.2) is 29.9 Å². The third-order valence-corrected chi connectivity index (χ3v) is 4.75. The summed E-state index contributed by atoms with van der Waals surface area (Å²) in [6, 6.07) is 7.71. The maximum absolute atomic E-state index is 12.0. The van der Waals surface area contributed by atoms with Crippen LogP contribution in [0.4, 0.5) is 5.69 Å². The van der Waals surface area contributed by atoms with Gasteiger partial charge in [0.15, 0.2) is 0 Å². The molecule has 1 aromatic heterocycles. The van der Waals surface area contributed by atoms with Crippen LogP contribution in [0.1, 0.15) is 31.9 Å². The Morgan fingerprint density at radius 1 is 1.27 bits per heavy atom. The number of hydrogen-bond acceptors (Lipinski definition) is 5. The third kappa shape index (κ3) is 2.62. The number of aromatic nitrogens is 1.